The molecule has 1 aromatic rings. The highest BCUT2D eigenvalue weighted by atomic mass is 35.5. The van der Waals surface area contributed by atoms with Crippen LogP contribution in [-0.4, -0.2) is 76.8 Å². The van der Waals surface area contributed by atoms with Crippen molar-refractivity contribution in [3.63, 3.8) is 0 Å². The molecule has 0 N–H and O–H groups in total. The maximum atomic E-state index is 12.9. The predicted molar refractivity (Wildman–Crippen MR) is 98.9 cm³/mol. The van der Waals surface area contributed by atoms with Crippen LogP contribution in [0.1, 0.15) is 6.92 Å². The van der Waals surface area contributed by atoms with Gasteiger partial charge in [0.25, 0.3) is 0 Å². The first-order valence-corrected chi connectivity index (χ1v) is 10.2. The molecule has 0 radical (unpaired) electrons. The summed E-state index contributed by atoms with van der Waals surface area (Å²) in [7, 11) is -0.289. The lowest BCUT2D eigenvalue weighted by Gasteiger charge is -2.37. The largest absolute Gasteiger partial charge is 0.495 e. The van der Waals surface area contributed by atoms with Crippen molar-refractivity contribution >= 4 is 33.2 Å². The summed E-state index contributed by atoms with van der Waals surface area (Å²) in [6.45, 7) is 4.26. The van der Waals surface area contributed by atoms with Crippen molar-refractivity contribution in [1.82, 2.24) is 9.80 Å². The van der Waals surface area contributed by atoms with E-state index in [0.717, 1.165) is 23.7 Å². The maximum Gasteiger partial charge on any atom is 0.246 e. The molecule has 0 spiro atoms. The van der Waals surface area contributed by atoms with Gasteiger partial charge in [-0.05, 0) is 32.2 Å². The normalized spacial score (nSPS) is 17.2. The number of carbonyl (C=O) groups excluding carboxylic acids is 1. The molecule has 25 heavy (non-hydrogen) atoms. The fourth-order valence-corrected chi connectivity index (χ4v) is 4.23. The molecule has 1 atom stereocenters. The van der Waals surface area contributed by atoms with Crippen LogP contribution in [0.5, 0.6) is 5.75 Å². The summed E-state index contributed by atoms with van der Waals surface area (Å²) in [5.74, 6) is 0.105. The molecule has 140 valence electrons. The number of nitrogens with zero attached hydrogens (tertiary/aromatic N) is 3. The monoisotopic (exact) mass is 389 g/mol. The number of likely N-dealkylation sites (N-methyl/N-ethyl adjacent to an activating group) is 1. The summed E-state index contributed by atoms with van der Waals surface area (Å²) < 4.78 is 31.2. The molecule has 1 aliphatic rings. The molecule has 0 aliphatic carbocycles. The van der Waals surface area contributed by atoms with Crippen molar-refractivity contribution in [3.05, 3.63) is 23.2 Å². The van der Waals surface area contributed by atoms with E-state index in [1.807, 2.05) is 7.05 Å². The number of methoxy groups -OCH3 is 1. The van der Waals surface area contributed by atoms with Gasteiger partial charge < -0.3 is 14.5 Å². The molecule has 0 saturated carbocycles. The van der Waals surface area contributed by atoms with E-state index >= 15 is 0 Å². The van der Waals surface area contributed by atoms with E-state index in [2.05, 4.69) is 4.90 Å². The minimum Gasteiger partial charge on any atom is -0.495 e. The first-order chi connectivity index (χ1) is 11.6. The van der Waals surface area contributed by atoms with Gasteiger partial charge in [0.05, 0.1) is 19.1 Å². The van der Waals surface area contributed by atoms with Crippen LogP contribution < -0.4 is 9.04 Å². The molecular weight excluding hydrogens is 366 g/mol. The Labute approximate surface area is 154 Å². The third-order valence-electron chi connectivity index (χ3n) is 4.26. The summed E-state index contributed by atoms with van der Waals surface area (Å²) in [5.41, 5.74) is 0.257. The van der Waals surface area contributed by atoms with Gasteiger partial charge in [0.1, 0.15) is 11.8 Å². The van der Waals surface area contributed by atoms with E-state index in [4.69, 9.17) is 16.3 Å². The Hall–Kier alpha value is -1.51. The fraction of sp³-hybridized carbons (Fsp3) is 0.562. The van der Waals surface area contributed by atoms with Crippen molar-refractivity contribution in [3.8, 4) is 5.75 Å². The van der Waals surface area contributed by atoms with E-state index in [1.165, 1.54) is 13.2 Å². The zero-order valence-corrected chi connectivity index (χ0v) is 16.5. The lowest BCUT2D eigenvalue weighted by molar-refractivity contribution is -0.133. The van der Waals surface area contributed by atoms with Crippen LogP contribution in [0.25, 0.3) is 0 Å². The molecule has 1 aromatic carbocycles. The van der Waals surface area contributed by atoms with Crippen LogP contribution in [0.15, 0.2) is 18.2 Å². The molecule has 0 bridgehead atoms. The van der Waals surface area contributed by atoms with Gasteiger partial charge in [0.2, 0.25) is 15.9 Å². The van der Waals surface area contributed by atoms with Crippen molar-refractivity contribution in [2.75, 3.05) is 50.9 Å². The zero-order valence-electron chi connectivity index (χ0n) is 14.9. The third-order valence-corrected chi connectivity index (χ3v) is 5.72. The lowest BCUT2D eigenvalue weighted by atomic mass is 10.2. The standard InChI is InChI=1S/C16H24ClN3O4S/c1-12(16(21)19-9-7-18(2)8-10-19)20(25(4,22)23)14-11-13(17)5-6-15(14)24-3/h5-6,11-12H,7-10H2,1-4H3/t12-/m1/s1. The van der Waals surface area contributed by atoms with Gasteiger partial charge in [-0.1, -0.05) is 11.6 Å². The van der Waals surface area contributed by atoms with Crippen molar-refractivity contribution in [2.24, 2.45) is 0 Å². The number of hydrogen-bond acceptors (Lipinski definition) is 5. The number of benzene rings is 1. The van der Waals surface area contributed by atoms with Crippen LogP contribution in [0, 0.1) is 0 Å². The minimum absolute atomic E-state index is 0.236. The van der Waals surface area contributed by atoms with Crippen molar-refractivity contribution in [1.29, 1.82) is 0 Å². The van der Waals surface area contributed by atoms with E-state index in [-0.39, 0.29) is 11.6 Å². The van der Waals surface area contributed by atoms with Crippen molar-refractivity contribution < 1.29 is 17.9 Å². The average Bonchev–Trinajstić information content (AvgIpc) is 2.54. The summed E-state index contributed by atoms with van der Waals surface area (Å²) in [6, 6.07) is 3.79. The van der Waals surface area contributed by atoms with Gasteiger partial charge in [-0.3, -0.25) is 9.10 Å². The van der Waals surface area contributed by atoms with Crippen LogP contribution in [0.3, 0.4) is 0 Å². The molecule has 9 heteroatoms. The van der Waals surface area contributed by atoms with Gasteiger partial charge in [0, 0.05) is 31.2 Å². The number of ether oxygens (including phenoxy) is 1. The number of sulfonamides is 1. The number of halogens is 1. The number of rotatable bonds is 5. The van der Waals surface area contributed by atoms with Gasteiger partial charge in [-0.25, -0.2) is 8.42 Å². The van der Waals surface area contributed by atoms with Crippen LogP contribution in [0.2, 0.25) is 5.02 Å². The molecule has 1 aliphatic heterocycles. The Morgan fingerprint density at radius 3 is 2.40 bits per heavy atom. The number of carbonyl (C=O) groups is 1. The Kier molecular flexibility index (Phi) is 6.18. The molecule has 2 rings (SSSR count). The van der Waals surface area contributed by atoms with E-state index in [9.17, 15) is 13.2 Å². The quantitative estimate of drug-likeness (QED) is 0.758. The molecule has 0 unspecified atom stereocenters. The van der Waals surface area contributed by atoms with Crippen LogP contribution >= 0.6 is 11.6 Å². The SMILES string of the molecule is COc1ccc(Cl)cc1N([C@H](C)C(=O)N1CCN(C)CC1)S(C)(=O)=O. The zero-order chi connectivity index (χ0) is 18.8. The molecule has 1 amide bonds. The Balaban J connectivity index is 2.38. The first-order valence-electron chi connectivity index (χ1n) is 7.95. The highest BCUT2D eigenvalue weighted by Crippen LogP contribution is 2.34. The smallest absolute Gasteiger partial charge is 0.246 e. The number of anilines is 1. The van der Waals surface area contributed by atoms with Crippen LogP contribution in [-0.2, 0) is 14.8 Å². The number of amides is 1. The first kappa shape index (κ1) is 19.8. The second-order valence-corrected chi connectivity index (χ2v) is 8.48. The molecule has 1 saturated heterocycles. The molecule has 0 aromatic heterocycles. The average molecular weight is 390 g/mol. The van der Waals surface area contributed by atoms with Gasteiger partial charge in [-0.2, -0.15) is 0 Å². The molecule has 7 nitrogen and oxygen atoms in total. The Morgan fingerprint density at radius 1 is 1.28 bits per heavy atom. The Bertz CT molecular complexity index is 733. The molecule has 1 fully saturated rings. The lowest BCUT2D eigenvalue weighted by Crippen LogP contribution is -2.54. The van der Waals surface area contributed by atoms with E-state index in [1.54, 1.807) is 24.0 Å². The fourth-order valence-electron chi connectivity index (χ4n) is 2.90. The third kappa shape index (κ3) is 4.56. The highest BCUT2D eigenvalue weighted by Gasteiger charge is 2.34. The van der Waals surface area contributed by atoms with Gasteiger partial charge >= 0.3 is 0 Å². The number of hydrogen-bond donors (Lipinski definition) is 0. The van der Waals surface area contributed by atoms with Crippen molar-refractivity contribution in [2.45, 2.75) is 13.0 Å². The number of piperazine rings is 1. The predicted octanol–water partition coefficient (Wildman–Crippen LogP) is 1.28. The summed E-state index contributed by atoms with van der Waals surface area (Å²) in [5, 5.41) is 0.365. The second-order valence-electron chi connectivity index (χ2n) is 6.18. The van der Waals surface area contributed by atoms with Crippen LogP contribution in [0.4, 0.5) is 5.69 Å². The van der Waals surface area contributed by atoms with Gasteiger partial charge in [-0.15, -0.1) is 0 Å². The molecule has 1 heterocycles. The summed E-state index contributed by atoms with van der Waals surface area (Å²) in [4.78, 5) is 16.7. The maximum absolute atomic E-state index is 12.9. The summed E-state index contributed by atoms with van der Waals surface area (Å²) in [6.07, 6.45) is 1.07. The summed E-state index contributed by atoms with van der Waals surface area (Å²) >= 11 is 6.04. The Morgan fingerprint density at radius 2 is 1.88 bits per heavy atom. The van der Waals surface area contributed by atoms with E-state index in [0.29, 0.717) is 23.9 Å². The second kappa shape index (κ2) is 7.80. The van der Waals surface area contributed by atoms with Gasteiger partial charge in [0.15, 0.2) is 0 Å². The van der Waals surface area contributed by atoms with E-state index < -0.39 is 16.1 Å². The molecular formula is C16H24ClN3O4S. The minimum atomic E-state index is -3.72. The highest BCUT2D eigenvalue weighted by molar-refractivity contribution is 7.92. The topological polar surface area (TPSA) is 70.2 Å².